The molecular weight excluding hydrogens is 260 g/mol. The molecule has 0 amide bonds. The van der Waals surface area contributed by atoms with Crippen molar-refractivity contribution >= 4 is 5.97 Å². The molecule has 0 spiro atoms. The first-order valence-corrected chi connectivity index (χ1v) is 8.28. The Kier molecular flexibility index (Phi) is 2.76. The summed E-state index contributed by atoms with van der Waals surface area (Å²) in [6.07, 6.45) is 7.71. The Bertz CT molecular complexity index is 558. The predicted octanol–water partition coefficient (Wildman–Crippen LogP) is 4.31. The van der Waals surface area contributed by atoms with Crippen LogP contribution in [-0.4, -0.2) is 11.1 Å². The highest BCUT2D eigenvalue weighted by molar-refractivity contribution is 5.68. The lowest BCUT2D eigenvalue weighted by Crippen LogP contribution is -2.54. The van der Waals surface area contributed by atoms with Gasteiger partial charge in [-0.25, -0.2) is 0 Å². The number of carboxylic acid groups (broad SMARTS) is 1. The van der Waals surface area contributed by atoms with Gasteiger partial charge in [0.15, 0.2) is 0 Å². The van der Waals surface area contributed by atoms with Gasteiger partial charge in [-0.2, -0.15) is 0 Å². The molecule has 2 nitrogen and oxygen atoms in total. The fraction of sp³-hybridized carbons (Fsp3) is 0.632. The third-order valence-electron chi connectivity index (χ3n) is 6.37. The summed E-state index contributed by atoms with van der Waals surface area (Å²) >= 11 is 0. The minimum Gasteiger partial charge on any atom is -0.481 e. The number of benzene rings is 1. The molecular formula is C19H24O2. The normalized spacial score (nSPS) is 40.4. The van der Waals surface area contributed by atoms with Crippen LogP contribution in [-0.2, 0) is 10.2 Å². The van der Waals surface area contributed by atoms with E-state index in [-0.39, 0.29) is 10.8 Å². The molecule has 112 valence electrons. The van der Waals surface area contributed by atoms with E-state index < -0.39 is 5.97 Å². The monoisotopic (exact) mass is 284 g/mol. The Balaban J connectivity index is 1.73. The topological polar surface area (TPSA) is 37.3 Å². The van der Waals surface area contributed by atoms with Crippen LogP contribution in [0.25, 0.3) is 0 Å². The van der Waals surface area contributed by atoms with Crippen LogP contribution in [0, 0.1) is 24.2 Å². The molecule has 1 aromatic carbocycles. The summed E-state index contributed by atoms with van der Waals surface area (Å²) < 4.78 is 0. The minimum absolute atomic E-state index is 0.0841. The summed E-state index contributed by atoms with van der Waals surface area (Å²) in [5, 5.41) is 9.36. The van der Waals surface area contributed by atoms with E-state index in [1.54, 1.807) is 0 Å². The number of hydrogen-bond donors (Lipinski definition) is 1. The van der Waals surface area contributed by atoms with Crippen molar-refractivity contribution in [2.45, 2.75) is 57.3 Å². The minimum atomic E-state index is -0.601. The number of carboxylic acids is 1. The molecule has 4 fully saturated rings. The van der Waals surface area contributed by atoms with E-state index in [0.29, 0.717) is 6.42 Å². The Morgan fingerprint density at radius 1 is 1.14 bits per heavy atom. The predicted molar refractivity (Wildman–Crippen MR) is 82.2 cm³/mol. The van der Waals surface area contributed by atoms with Crippen molar-refractivity contribution in [2.24, 2.45) is 17.3 Å². The summed E-state index contributed by atoms with van der Waals surface area (Å²) in [5.74, 6) is 0.912. The lowest BCUT2D eigenvalue weighted by Gasteiger charge is -2.62. The van der Waals surface area contributed by atoms with Crippen LogP contribution >= 0.6 is 0 Å². The second kappa shape index (κ2) is 4.34. The molecule has 0 unspecified atom stereocenters. The van der Waals surface area contributed by atoms with E-state index in [0.717, 1.165) is 31.1 Å². The number of hydrogen-bond acceptors (Lipinski definition) is 1. The largest absolute Gasteiger partial charge is 0.481 e. The van der Waals surface area contributed by atoms with Gasteiger partial charge in [0.25, 0.3) is 0 Å². The fourth-order valence-electron chi connectivity index (χ4n) is 6.22. The molecule has 4 aliphatic carbocycles. The Morgan fingerprint density at radius 3 is 2.33 bits per heavy atom. The van der Waals surface area contributed by atoms with E-state index >= 15 is 0 Å². The van der Waals surface area contributed by atoms with Crippen LogP contribution in [0.1, 0.15) is 56.1 Å². The van der Waals surface area contributed by atoms with E-state index in [2.05, 4.69) is 31.2 Å². The first-order valence-electron chi connectivity index (χ1n) is 8.28. The van der Waals surface area contributed by atoms with Gasteiger partial charge in [0.1, 0.15) is 0 Å². The third kappa shape index (κ3) is 2.11. The smallest absolute Gasteiger partial charge is 0.303 e. The van der Waals surface area contributed by atoms with Crippen molar-refractivity contribution < 1.29 is 9.90 Å². The van der Waals surface area contributed by atoms with Crippen molar-refractivity contribution in [1.29, 1.82) is 0 Å². The molecule has 2 atom stereocenters. The molecule has 0 heterocycles. The van der Waals surface area contributed by atoms with Gasteiger partial charge in [-0.15, -0.1) is 0 Å². The summed E-state index contributed by atoms with van der Waals surface area (Å²) in [7, 11) is 0. The van der Waals surface area contributed by atoms with Gasteiger partial charge in [-0.3, -0.25) is 4.79 Å². The van der Waals surface area contributed by atoms with Crippen LogP contribution in [0.3, 0.4) is 0 Å². The standard InChI is InChI=1S/C19H24O2/c1-13-2-4-16(5-3-13)19-9-14-6-15(10-19)8-18(7-14,12-19)11-17(20)21/h2-5,14-15H,6-12H2,1H3,(H,20,21)/t14-,15-,18?,19?/m1/s1. The maximum Gasteiger partial charge on any atom is 0.303 e. The first-order chi connectivity index (χ1) is 9.99. The van der Waals surface area contributed by atoms with Crippen molar-refractivity contribution in [3.63, 3.8) is 0 Å². The first kappa shape index (κ1) is 13.4. The molecule has 21 heavy (non-hydrogen) atoms. The van der Waals surface area contributed by atoms with Crippen molar-refractivity contribution in [3.8, 4) is 0 Å². The maximum absolute atomic E-state index is 11.4. The summed E-state index contributed by atoms with van der Waals surface area (Å²) in [4.78, 5) is 11.4. The lowest BCUT2D eigenvalue weighted by atomic mass is 9.42. The third-order valence-corrected chi connectivity index (χ3v) is 6.37. The quantitative estimate of drug-likeness (QED) is 0.898. The highest BCUT2D eigenvalue weighted by Crippen LogP contribution is 2.66. The Morgan fingerprint density at radius 2 is 1.76 bits per heavy atom. The molecule has 0 aromatic heterocycles. The van der Waals surface area contributed by atoms with Crippen LogP contribution in [0.15, 0.2) is 24.3 Å². The van der Waals surface area contributed by atoms with Crippen molar-refractivity contribution in [1.82, 2.24) is 0 Å². The van der Waals surface area contributed by atoms with Crippen LogP contribution in [0.4, 0.5) is 0 Å². The molecule has 0 aliphatic heterocycles. The van der Waals surface area contributed by atoms with Crippen LogP contribution in [0.5, 0.6) is 0 Å². The highest BCUT2D eigenvalue weighted by atomic mass is 16.4. The number of aliphatic carboxylic acids is 1. The SMILES string of the molecule is Cc1ccc(C23C[C@@H]4C[C@H](CC(CC(=O)O)(C4)C2)C3)cc1. The molecule has 4 saturated carbocycles. The van der Waals surface area contributed by atoms with E-state index in [9.17, 15) is 9.90 Å². The summed E-state index contributed by atoms with van der Waals surface area (Å²) in [6.45, 7) is 2.13. The van der Waals surface area contributed by atoms with Gasteiger partial charge >= 0.3 is 5.97 Å². The Labute approximate surface area is 126 Å². The molecule has 0 saturated heterocycles. The molecule has 4 aliphatic rings. The van der Waals surface area contributed by atoms with Gasteiger partial charge in [-0.05, 0) is 73.7 Å². The van der Waals surface area contributed by atoms with Gasteiger partial charge in [0.05, 0.1) is 6.42 Å². The van der Waals surface area contributed by atoms with Gasteiger partial charge in [0, 0.05) is 0 Å². The summed E-state index contributed by atoms with van der Waals surface area (Å²) in [6, 6.07) is 9.05. The number of carbonyl (C=O) groups is 1. The maximum atomic E-state index is 11.4. The molecule has 2 heteroatoms. The van der Waals surface area contributed by atoms with Gasteiger partial charge in [0.2, 0.25) is 0 Å². The lowest BCUT2D eigenvalue weighted by molar-refractivity contribution is -0.146. The fourth-order valence-corrected chi connectivity index (χ4v) is 6.22. The molecule has 5 rings (SSSR count). The van der Waals surface area contributed by atoms with Gasteiger partial charge in [-0.1, -0.05) is 29.8 Å². The zero-order valence-electron chi connectivity index (χ0n) is 12.8. The average Bonchev–Trinajstić information content (AvgIpc) is 2.35. The van der Waals surface area contributed by atoms with Gasteiger partial charge < -0.3 is 5.11 Å². The second-order valence-electron chi connectivity index (χ2n) is 8.18. The molecule has 0 radical (unpaired) electrons. The van der Waals surface area contributed by atoms with Crippen LogP contribution in [0.2, 0.25) is 0 Å². The average molecular weight is 284 g/mol. The van der Waals surface area contributed by atoms with Crippen LogP contribution < -0.4 is 0 Å². The van der Waals surface area contributed by atoms with E-state index in [1.165, 1.54) is 30.4 Å². The van der Waals surface area contributed by atoms with E-state index in [1.807, 2.05) is 0 Å². The number of rotatable bonds is 3. The summed E-state index contributed by atoms with van der Waals surface area (Å²) in [5.41, 5.74) is 3.13. The molecule has 1 N–H and O–H groups in total. The zero-order chi connectivity index (χ0) is 14.7. The second-order valence-corrected chi connectivity index (χ2v) is 8.18. The van der Waals surface area contributed by atoms with Crippen molar-refractivity contribution in [3.05, 3.63) is 35.4 Å². The number of aryl methyl sites for hydroxylation is 1. The molecule has 4 bridgehead atoms. The van der Waals surface area contributed by atoms with Crippen molar-refractivity contribution in [2.75, 3.05) is 0 Å². The molecule has 1 aromatic rings. The highest BCUT2D eigenvalue weighted by Gasteiger charge is 2.58. The zero-order valence-corrected chi connectivity index (χ0v) is 12.8. The van der Waals surface area contributed by atoms with E-state index in [4.69, 9.17) is 0 Å². The Hall–Kier alpha value is -1.31.